The number of nitrogens with zero attached hydrogens (tertiary/aromatic N) is 2. The first-order valence-electron chi connectivity index (χ1n) is 5.57. The van der Waals surface area contributed by atoms with Crippen LogP contribution >= 0.6 is 0 Å². The zero-order valence-electron chi connectivity index (χ0n) is 9.46. The lowest BCUT2D eigenvalue weighted by molar-refractivity contribution is -0.141. The van der Waals surface area contributed by atoms with Gasteiger partial charge in [0.1, 0.15) is 11.5 Å². The average Bonchev–Trinajstić information content (AvgIpc) is 3.09. The van der Waals surface area contributed by atoms with Gasteiger partial charge in [-0.15, -0.1) is 0 Å². The van der Waals surface area contributed by atoms with E-state index in [4.69, 9.17) is 0 Å². The van der Waals surface area contributed by atoms with Gasteiger partial charge in [0.05, 0.1) is 0 Å². The first-order valence-corrected chi connectivity index (χ1v) is 5.57. The summed E-state index contributed by atoms with van der Waals surface area (Å²) in [4.78, 5) is 7.47. The molecule has 1 aliphatic carbocycles. The highest BCUT2D eigenvalue weighted by atomic mass is 19.4. The second-order valence-electron chi connectivity index (χ2n) is 4.29. The first kappa shape index (κ1) is 12.3. The number of likely N-dealkylation sites (N-methyl/N-ethyl adjacent to an activating group) is 1. The highest BCUT2D eigenvalue weighted by Gasteiger charge is 2.34. The molecule has 94 valence electrons. The molecule has 0 spiro atoms. The molecule has 1 unspecified atom stereocenters. The van der Waals surface area contributed by atoms with Gasteiger partial charge in [-0.05, 0) is 31.9 Å². The molecule has 0 aromatic carbocycles. The molecule has 1 aromatic heterocycles. The Morgan fingerprint density at radius 1 is 1.47 bits per heavy atom. The maximum atomic E-state index is 12.5. The van der Waals surface area contributed by atoms with Crippen LogP contribution in [0.1, 0.15) is 24.4 Å². The second-order valence-corrected chi connectivity index (χ2v) is 4.29. The van der Waals surface area contributed by atoms with Crippen LogP contribution in [-0.2, 0) is 12.6 Å². The van der Waals surface area contributed by atoms with Gasteiger partial charge in [-0.1, -0.05) is 0 Å². The van der Waals surface area contributed by atoms with Crippen LogP contribution in [0.4, 0.5) is 13.2 Å². The van der Waals surface area contributed by atoms with Crippen molar-refractivity contribution in [3.63, 3.8) is 0 Å². The lowest BCUT2D eigenvalue weighted by Crippen LogP contribution is -2.30. The molecular weight excluding hydrogens is 231 g/mol. The fraction of sp³-hybridized carbons (Fsp3) is 0.636. The van der Waals surface area contributed by atoms with E-state index in [2.05, 4.69) is 15.3 Å². The number of alkyl halides is 3. The van der Waals surface area contributed by atoms with Crippen molar-refractivity contribution in [2.75, 3.05) is 7.05 Å². The SMILES string of the molecule is CNC(Cc1nccc(C(F)(F)F)n1)C1CC1. The molecule has 0 saturated heterocycles. The molecule has 0 radical (unpaired) electrons. The van der Waals surface area contributed by atoms with Gasteiger partial charge in [-0.25, -0.2) is 9.97 Å². The van der Waals surface area contributed by atoms with Gasteiger partial charge in [0.15, 0.2) is 0 Å². The quantitative estimate of drug-likeness (QED) is 0.882. The van der Waals surface area contributed by atoms with E-state index < -0.39 is 11.9 Å². The topological polar surface area (TPSA) is 37.8 Å². The fourth-order valence-corrected chi connectivity index (χ4v) is 1.86. The van der Waals surface area contributed by atoms with Gasteiger partial charge in [-0.2, -0.15) is 13.2 Å². The molecule has 0 bridgehead atoms. The largest absolute Gasteiger partial charge is 0.433 e. The van der Waals surface area contributed by atoms with Gasteiger partial charge in [-0.3, -0.25) is 0 Å². The molecule has 1 aromatic rings. The normalized spacial score (nSPS) is 18.1. The van der Waals surface area contributed by atoms with Gasteiger partial charge >= 0.3 is 6.18 Å². The minimum absolute atomic E-state index is 0.179. The molecule has 6 heteroatoms. The third-order valence-electron chi connectivity index (χ3n) is 2.96. The highest BCUT2D eigenvalue weighted by Crippen LogP contribution is 2.34. The summed E-state index contributed by atoms with van der Waals surface area (Å²) < 4.78 is 37.4. The van der Waals surface area contributed by atoms with Gasteiger partial charge in [0.25, 0.3) is 0 Å². The van der Waals surface area contributed by atoms with Crippen molar-refractivity contribution < 1.29 is 13.2 Å². The molecule has 1 saturated carbocycles. The number of halogens is 3. The van der Waals surface area contributed by atoms with Crippen molar-refractivity contribution in [2.24, 2.45) is 5.92 Å². The fourth-order valence-electron chi connectivity index (χ4n) is 1.86. The minimum Gasteiger partial charge on any atom is -0.316 e. The van der Waals surface area contributed by atoms with Crippen LogP contribution in [0, 0.1) is 5.92 Å². The van der Waals surface area contributed by atoms with Crippen LogP contribution in [0.2, 0.25) is 0 Å². The zero-order chi connectivity index (χ0) is 12.5. The van der Waals surface area contributed by atoms with Crippen molar-refractivity contribution in [1.29, 1.82) is 0 Å². The Labute approximate surface area is 97.5 Å². The van der Waals surface area contributed by atoms with Crippen LogP contribution in [0.15, 0.2) is 12.3 Å². The summed E-state index contributed by atoms with van der Waals surface area (Å²) in [6.45, 7) is 0. The molecule has 0 amide bonds. The summed E-state index contributed by atoms with van der Waals surface area (Å²) in [5.41, 5.74) is -0.867. The number of aromatic nitrogens is 2. The summed E-state index contributed by atoms with van der Waals surface area (Å²) in [7, 11) is 1.82. The van der Waals surface area contributed by atoms with E-state index in [9.17, 15) is 13.2 Å². The minimum atomic E-state index is -4.40. The number of rotatable bonds is 4. The predicted octanol–water partition coefficient (Wildman–Crippen LogP) is 2.04. The van der Waals surface area contributed by atoms with Crippen molar-refractivity contribution in [2.45, 2.75) is 31.5 Å². The standard InChI is InChI=1S/C11H14F3N3/c1-15-8(7-2-3-7)6-10-16-5-4-9(17-10)11(12,13)14/h4-5,7-8,15H,2-3,6H2,1H3. The third kappa shape index (κ3) is 3.15. The predicted molar refractivity (Wildman–Crippen MR) is 56.3 cm³/mol. The maximum absolute atomic E-state index is 12.5. The molecule has 1 aliphatic rings. The van der Waals surface area contributed by atoms with E-state index in [1.807, 2.05) is 7.05 Å². The molecule has 17 heavy (non-hydrogen) atoms. The van der Waals surface area contributed by atoms with E-state index in [-0.39, 0.29) is 11.9 Å². The summed E-state index contributed by atoms with van der Waals surface area (Å²) in [5.74, 6) is 0.809. The second kappa shape index (κ2) is 4.60. The Morgan fingerprint density at radius 3 is 2.71 bits per heavy atom. The van der Waals surface area contributed by atoms with Crippen molar-refractivity contribution in [1.82, 2.24) is 15.3 Å². The van der Waals surface area contributed by atoms with Gasteiger partial charge in [0.2, 0.25) is 0 Å². The van der Waals surface area contributed by atoms with Crippen LogP contribution in [-0.4, -0.2) is 23.1 Å². The lowest BCUT2D eigenvalue weighted by Gasteiger charge is -2.14. The smallest absolute Gasteiger partial charge is 0.316 e. The molecule has 0 aliphatic heterocycles. The van der Waals surface area contributed by atoms with Crippen molar-refractivity contribution in [3.8, 4) is 0 Å². The summed E-state index contributed by atoms with van der Waals surface area (Å²) in [5, 5.41) is 3.11. The Morgan fingerprint density at radius 2 is 2.18 bits per heavy atom. The van der Waals surface area contributed by atoms with Crippen LogP contribution in [0.3, 0.4) is 0 Å². The summed E-state index contributed by atoms with van der Waals surface area (Å²) in [6, 6.07) is 1.08. The molecule has 1 N–H and O–H groups in total. The Kier molecular flexibility index (Phi) is 3.33. The van der Waals surface area contributed by atoms with E-state index in [0.29, 0.717) is 12.3 Å². The number of hydrogen-bond acceptors (Lipinski definition) is 3. The van der Waals surface area contributed by atoms with Crippen molar-refractivity contribution >= 4 is 0 Å². The molecule has 1 heterocycles. The van der Waals surface area contributed by atoms with Crippen LogP contribution < -0.4 is 5.32 Å². The van der Waals surface area contributed by atoms with Crippen LogP contribution in [0.25, 0.3) is 0 Å². The maximum Gasteiger partial charge on any atom is 0.433 e. The Bertz CT molecular complexity index is 388. The average molecular weight is 245 g/mol. The lowest BCUT2D eigenvalue weighted by atomic mass is 10.1. The van der Waals surface area contributed by atoms with Crippen LogP contribution in [0.5, 0.6) is 0 Å². The molecule has 3 nitrogen and oxygen atoms in total. The van der Waals surface area contributed by atoms with E-state index in [1.165, 1.54) is 6.20 Å². The first-order chi connectivity index (χ1) is 8.00. The van der Waals surface area contributed by atoms with Gasteiger partial charge in [0, 0.05) is 18.7 Å². The Balaban J connectivity index is 2.10. The molecule has 1 atom stereocenters. The van der Waals surface area contributed by atoms with E-state index in [0.717, 1.165) is 18.9 Å². The summed E-state index contributed by atoms with van der Waals surface area (Å²) >= 11 is 0. The Hall–Kier alpha value is -1.17. The van der Waals surface area contributed by atoms with E-state index >= 15 is 0 Å². The molecular formula is C11H14F3N3. The van der Waals surface area contributed by atoms with E-state index in [1.54, 1.807) is 0 Å². The number of hydrogen-bond donors (Lipinski definition) is 1. The van der Waals surface area contributed by atoms with Crippen molar-refractivity contribution in [3.05, 3.63) is 23.8 Å². The summed E-state index contributed by atoms with van der Waals surface area (Å²) in [6.07, 6.45) is -0.517. The third-order valence-corrected chi connectivity index (χ3v) is 2.96. The molecule has 2 rings (SSSR count). The van der Waals surface area contributed by atoms with Gasteiger partial charge < -0.3 is 5.32 Å². The molecule has 1 fully saturated rings. The zero-order valence-corrected chi connectivity index (χ0v) is 9.46. The number of nitrogens with one attached hydrogen (secondary N) is 1. The highest BCUT2D eigenvalue weighted by molar-refractivity contribution is 5.07. The monoisotopic (exact) mass is 245 g/mol.